The smallest absolute Gasteiger partial charge is 0.414 e. The number of aliphatic carboxylic acids is 2. The molecule has 0 aliphatic heterocycles. The fourth-order valence-corrected chi connectivity index (χ4v) is 2.76. The van der Waals surface area contributed by atoms with E-state index in [0.29, 0.717) is 0 Å². The maximum absolute atomic E-state index is 9.10. The molecular weight excluding hydrogens is 344 g/mol. The van der Waals surface area contributed by atoms with Gasteiger partial charge in [0.1, 0.15) is 0 Å². The van der Waals surface area contributed by atoms with E-state index < -0.39 is 11.9 Å². The molecule has 0 aliphatic rings. The van der Waals surface area contributed by atoms with Gasteiger partial charge in [-0.25, -0.2) is 9.59 Å². The van der Waals surface area contributed by atoms with Crippen LogP contribution in [0.4, 0.5) is 0 Å². The minimum Gasteiger partial charge on any atom is -0.473 e. The summed E-state index contributed by atoms with van der Waals surface area (Å²) < 4.78 is 0. The topological polar surface area (TPSA) is 102 Å². The standard InChI is InChI=1S/C19H22N2.C2H2O4/c1-3-16-5-4-6-18-17(13-21-19(16)18)12-20-11-15-9-7-14(2)8-10-15;3-1(4)2(5)6/h4-10,13,20-21H,3,11-12H2,1-2H3;(H,3,4)(H,5,6). The third kappa shape index (κ3) is 5.69. The second-order valence-corrected chi connectivity index (χ2v) is 6.21. The van der Waals surface area contributed by atoms with Crippen molar-refractivity contribution in [2.75, 3.05) is 0 Å². The van der Waals surface area contributed by atoms with E-state index in [4.69, 9.17) is 19.8 Å². The Balaban J connectivity index is 0.000000380. The van der Waals surface area contributed by atoms with Crippen molar-refractivity contribution in [2.45, 2.75) is 33.4 Å². The first-order chi connectivity index (χ1) is 12.9. The molecule has 0 fully saturated rings. The molecule has 0 atom stereocenters. The number of para-hydroxylation sites is 1. The van der Waals surface area contributed by atoms with Gasteiger partial charge in [0, 0.05) is 30.2 Å². The van der Waals surface area contributed by atoms with Gasteiger partial charge < -0.3 is 20.5 Å². The lowest BCUT2D eigenvalue weighted by Gasteiger charge is -2.05. The molecule has 0 aliphatic carbocycles. The average Bonchev–Trinajstić information content (AvgIpc) is 3.07. The second-order valence-electron chi connectivity index (χ2n) is 6.21. The number of carboxylic acids is 2. The summed E-state index contributed by atoms with van der Waals surface area (Å²) in [6.07, 6.45) is 3.19. The summed E-state index contributed by atoms with van der Waals surface area (Å²) in [7, 11) is 0. The van der Waals surface area contributed by atoms with Crippen LogP contribution in [0.15, 0.2) is 48.7 Å². The number of hydrogen-bond donors (Lipinski definition) is 4. The Morgan fingerprint density at radius 1 is 0.963 bits per heavy atom. The number of rotatable bonds is 5. The van der Waals surface area contributed by atoms with Gasteiger partial charge in [0.05, 0.1) is 0 Å². The predicted molar refractivity (Wildman–Crippen MR) is 105 cm³/mol. The Kier molecular flexibility index (Phi) is 7.14. The summed E-state index contributed by atoms with van der Waals surface area (Å²) in [4.78, 5) is 21.6. The molecule has 6 nitrogen and oxygen atoms in total. The van der Waals surface area contributed by atoms with Crippen LogP contribution in [0.2, 0.25) is 0 Å². The van der Waals surface area contributed by atoms with Gasteiger partial charge in [-0.3, -0.25) is 0 Å². The zero-order valence-electron chi connectivity index (χ0n) is 15.5. The number of hydrogen-bond acceptors (Lipinski definition) is 3. The van der Waals surface area contributed by atoms with Crippen LogP contribution in [-0.2, 0) is 29.1 Å². The van der Waals surface area contributed by atoms with Gasteiger partial charge in [-0.05, 0) is 30.0 Å². The maximum Gasteiger partial charge on any atom is 0.414 e. The van der Waals surface area contributed by atoms with Crippen molar-refractivity contribution in [3.8, 4) is 0 Å². The lowest BCUT2D eigenvalue weighted by Crippen LogP contribution is -2.12. The van der Waals surface area contributed by atoms with Gasteiger partial charge in [0.25, 0.3) is 0 Å². The molecule has 0 saturated carbocycles. The zero-order valence-corrected chi connectivity index (χ0v) is 15.5. The first-order valence-electron chi connectivity index (χ1n) is 8.72. The highest BCUT2D eigenvalue weighted by molar-refractivity contribution is 6.27. The van der Waals surface area contributed by atoms with E-state index in [1.165, 1.54) is 33.2 Å². The van der Waals surface area contributed by atoms with Crippen LogP contribution < -0.4 is 5.32 Å². The van der Waals surface area contributed by atoms with Crippen molar-refractivity contribution >= 4 is 22.8 Å². The van der Waals surface area contributed by atoms with Gasteiger partial charge in [-0.1, -0.05) is 55.0 Å². The van der Waals surface area contributed by atoms with Crippen molar-refractivity contribution in [3.05, 3.63) is 70.9 Å². The Morgan fingerprint density at radius 3 is 2.22 bits per heavy atom. The molecule has 0 radical (unpaired) electrons. The lowest BCUT2D eigenvalue weighted by molar-refractivity contribution is -0.159. The molecule has 3 aromatic rings. The first-order valence-corrected chi connectivity index (χ1v) is 8.72. The normalized spacial score (nSPS) is 10.3. The molecule has 0 bridgehead atoms. The Bertz CT molecular complexity index is 902. The first kappa shape index (κ1) is 20.2. The number of carboxylic acid groups (broad SMARTS) is 2. The summed E-state index contributed by atoms with van der Waals surface area (Å²) in [5.74, 6) is -3.65. The number of benzene rings is 2. The van der Waals surface area contributed by atoms with E-state index in [9.17, 15) is 0 Å². The summed E-state index contributed by atoms with van der Waals surface area (Å²) in [6.45, 7) is 6.11. The van der Waals surface area contributed by atoms with E-state index in [-0.39, 0.29) is 0 Å². The van der Waals surface area contributed by atoms with Crippen molar-refractivity contribution in [3.63, 3.8) is 0 Å². The van der Waals surface area contributed by atoms with Gasteiger partial charge >= 0.3 is 11.9 Å². The van der Waals surface area contributed by atoms with Crippen molar-refractivity contribution in [1.82, 2.24) is 10.3 Å². The van der Waals surface area contributed by atoms with Crippen molar-refractivity contribution < 1.29 is 19.8 Å². The van der Waals surface area contributed by atoms with Gasteiger partial charge in [-0.2, -0.15) is 0 Å². The molecule has 0 amide bonds. The van der Waals surface area contributed by atoms with E-state index in [2.05, 4.69) is 72.8 Å². The molecule has 6 heteroatoms. The number of nitrogens with one attached hydrogen (secondary N) is 2. The van der Waals surface area contributed by atoms with E-state index in [1.54, 1.807) is 0 Å². The average molecular weight is 368 g/mol. The van der Waals surface area contributed by atoms with Crippen molar-refractivity contribution in [1.29, 1.82) is 0 Å². The summed E-state index contributed by atoms with van der Waals surface area (Å²) in [5, 5.41) is 19.7. The maximum atomic E-state index is 9.10. The van der Waals surface area contributed by atoms with E-state index in [1.807, 2.05) is 0 Å². The Morgan fingerprint density at radius 2 is 1.63 bits per heavy atom. The largest absolute Gasteiger partial charge is 0.473 e. The van der Waals surface area contributed by atoms with Crippen molar-refractivity contribution in [2.24, 2.45) is 0 Å². The molecule has 2 aromatic carbocycles. The second kappa shape index (κ2) is 9.54. The predicted octanol–water partition coefficient (Wildman–Crippen LogP) is 3.48. The number of aromatic nitrogens is 1. The quantitative estimate of drug-likeness (QED) is 0.516. The molecule has 3 rings (SSSR count). The fraction of sp³-hybridized carbons (Fsp3) is 0.238. The van der Waals surface area contributed by atoms with Crippen LogP contribution in [0.5, 0.6) is 0 Å². The van der Waals surface area contributed by atoms with Crippen LogP contribution in [0.1, 0.15) is 29.2 Å². The Hall–Kier alpha value is -3.12. The molecule has 142 valence electrons. The third-order valence-corrected chi connectivity index (χ3v) is 4.22. The van der Waals surface area contributed by atoms with Crippen LogP contribution >= 0.6 is 0 Å². The number of fused-ring (bicyclic) bond motifs is 1. The van der Waals surface area contributed by atoms with Gasteiger partial charge in [-0.15, -0.1) is 0 Å². The number of aryl methyl sites for hydroxylation is 2. The highest BCUT2D eigenvalue weighted by Crippen LogP contribution is 2.22. The summed E-state index contributed by atoms with van der Waals surface area (Å²) in [6, 6.07) is 15.3. The molecule has 0 spiro atoms. The highest BCUT2D eigenvalue weighted by Gasteiger charge is 2.06. The van der Waals surface area contributed by atoms with E-state index >= 15 is 0 Å². The fourth-order valence-electron chi connectivity index (χ4n) is 2.76. The molecule has 0 unspecified atom stereocenters. The number of carbonyl (C=O) groups is 2. The van der Waals surface area contributed by atoms with Gasteiger partial charge in [0.2, 0.25) is 0 Å². The molecule has 0 saturated heterocycles. The Labute approximate surface area is 157 Å². The van der Waals surface area contributed by atoms with Crippen LogP contribution in [0.25, 0.3) is 10.9 Å². The monoisotopic (exact) mass is 368 g/mol. The highest BCUT2D eigenvalue weighted by atomic mass is 16.4. The molecule has 1 heterocycles. The molecular formula is C21H24N2O4. The number of H-pyrrole nitrogens is 1. The lowest BCUT2D eigenvalue weighted by atomic mass is 10.1. The van der Waals surface area contributed by atoms with Crippen LogP contribution in [0.3, 0.4) is 0 Å². The van der Waals surface area contributed by atoms with E-state index in [0.717, 1.165) is 19.5 Å². The SMILES string of the molecule is CCc1cccc2c(CNCc3ccc(C)cc3)c[nH]c12.O=C(O)C(=O)O. The minimum absolute atomic E-state index is 0.890. The van der Waals surface area contributed by atoms with Crippen LogP contribution in [-0.4, -0.2) is 27.1 Å². The molecule has 27 heavy (non-hydrogen) atoms. The van der Waals surface area contributed by atoms with Gasteiger partial charge in [0.15, 0.2) is 0 Å². The zero-order chi connectivity index (χ0) is 19.8. The minimum atomic E-state index is -1.82. The van der Waals surface area contributed by atoms with Crippen LogP contribution in [0, 0.1) is 6.92 Å². The summed E-state index contributed by atoms with van der Waals surface area (Å²) >= 11 is 0. The third-order valence-electron chi connectivity index (χ3n) is 4.22. The molecule has 4 N–H and O–H groups in total. The molecule has 1 aromatic heterocycles. The summed E-state index contributed by atoms with van der Waals surface area (Å²) in [5.41, 5.74) is 6.65. The number of aromatic amines is 1.